The van der Waals surface area contributed by atoms with Crippen LogP contribution in [0, 0.1) is 10.1 Å². The molecule has 0 saturated heterocycles. The summed E-state index contributed by atoms with van der Waals surface area (Å²) in [6.45, 7) is 2.25. The summed E-state index contributed by atoms with van der Waals surface area (Å²) < 4.78 is 6.59. The van der Waals surface area contributed by atoms with Crippen LogP contribution < -0.4 is 4.74 Å². The number of nitro groups is 1. The minimum atomic E-state index is -0.466. The second-order valence-corrected chi connectivity index (χ2v) is 3.16. The summed E-state index contributed by atoms with van der Waals surface area (Å²) in [4.78, 5) is 10.4. The molecule has 17 heavy (non-hydrogen) atoms. The summed E-state index contributed by atoms with van der Waals surface area (Å²) in [5.41, 5.74) is 0.289. The number of para-hydroxylation sites is 2. The molecular weight excluding hydrogens is 224 g/mol. The van der Waals surface area contributed by atoms with Gasteiger partial charge in [0.15, 0.2) is 0 Å². The highest BCUT2D eigenvalue weighted by atomic mass is 16.6. The lowest BCUT2D eigenvalue weighted by Crippen LogP contribution is -2.05. The molecule has 1 aromatic heterocycles. The third kappa shape index (κ3) is 2.07. The Balaban J connectivity index is 2.52. The van der Waals surface area contributed by atoms with Crippen LogP contribution in [0.15, 0.2) is 30.5 Å². The van der Waals surface area contributed by atoms with E-state index in [1.54, 1.807) is 18.2 Å². The van der Waals surface area contributed by atoms with Crippen LogP contribution in [0.4, 0.5) is 5.69 Å². The van der Waals surface area contributed by atoms with Gasteiger partial charge in [0.25, 0.3) is 5.69 Å². The minimum absolute atomic E-state index is 0.0426. The molecule has 0 spiro atoms. The number of ether oxygens (including phenoxy) is 1. The number of nitro benzene ring substituents is 1. The predicted octanol–water partition coefficient (Wildman–Crippen LogP) is 1.57. The summed E-state index contributed by atoms with van der Waals surface area (Å²) in [7, 11) is 0. The van der Waals surface area contributed by atoms with E-state index in [0.717, 1.165) is 0 Å². The number of aromatic nitrogens is 3. The van der Waals surface area contributed by atoms with E-state index in [9.17, 15) is 10.1 Å². The van der Waals surface area contributed by atoms with Crippen molar-refractivity contribution >= 4 is 5.69 Å². The van der Waals surface area contributed by atoms with Gasteiger partial charge in [-0.15, -0.1) is 5.10 Å². The summed E-state index contributed by atoms with van der Waals surface area (Å²) in [5.74, 6) is 0.377. The maximum absolute atomic E-state index is 10.9. The lowest BCUT2D eigenvalue weighted by atomic mass is 10.3. The molecule has 88 valence electrons. The molecule has 0 saturated carbocycles. The maximum atomic E-state index is 10.9. The van der Waals surface area contributed by atoms with E-state index in [0.29, 0.717) is 18.2 Å². The van der Waals surface area contributed by atoms with Gasteiger partial charge in [-0.25, -0.2) is 0 Å². The Kier molecular flexibility index (Phi) is 2.99. The summed E-state index contributed by atoms with van der Waals surface area (Å²) in [5, 5.41) is 18.4. The highest BCUT2D eigenvalue weighted by Crippen LogP contribution is 2.24. The Morgan fingerprint density at radius 3 is 2.94 bits per heavy atom. The second-order valence-electron chi connectivity index (χ2n) is 3.16. The SMILES string of the molecule is CCOc1cnnn1-c1ccccc1[N+](=O)[O-]. The fraction of sp³-hybridized carbons (Fsp3) is 0.200. The summed E-state index contributed by atoms with van der Waals surface area (Å²) in [6.07, 6.45) is 1.42. The van der Waals surface area contributed by atoms with Crippen molar-refractivity contribution in [1.29, 1.82) is 0 Å². The van der Waals surface area contributed by atoms with Gasteiger partial charge in [-0.1, -0.05) is 17.3 Å². The van der Waals surface area contributed by atoms with Gasteiger partial charge in [0.1, 0.15) is 11.9 Å². The van der Waals surface area contributed by atoms with Crippen molar-refractivity contribution in [3.8, 4) is 11.6 Å². The molecule has 0 N–H and O–H groups in total. The van der Waals surface area contributed by atoms with Crippen LogP contribution in [-0.2, 0) is 0 Å². The Labute approximate surface area is 96.8 Å². The van der Waals surface area contributed by atoms with E-state index in [-0.39, 0.29) is 5.69 Å². The number of nitrogens with zero attached hydrogens (tertiary/aromatic N) is 4. The van der Waals surface area contributed by atoms with E-state index in [2.05, 4.69) is 10.3 Å². The summed E-state index contributed by atoms with van der Waals surface area (Å²) in [6, 6.07) is 6.29. The zero-order valence-electron chi connectivity index (χ0n) is 9.11. The average Bonchev–Trinajstić information content (AvgIpc) is 2.77. The van der Waals surface area contributed by atoms with Crippen LogP contribution in [-0.4, -0.2) is 26.5 Å². The first kappa shape index (κ1) is 11.1. The predicted molar refractivity (Wildman–Crippen MR) is 59.2 cm³/mol. The van der Waals surface area contributed by atoms with Crippen LogP contribution in [0.5, 0.6) is 5.88 Å². The largest absolute Gasteiger partial charge is 0.477 e. The van der Waals surface area contributed by atoms with Crippen LogP contribution in [0.3, 0.4) is 0 Å². The standard InChI is InChI=1S/C10H10N4O3/c1-2-17-10-7-11-12-13(10)8-5-3-4-6-9(8)14(15)16/h3-7H,2H2,1H3. The van der Waals surface area contributed by atoms with Crippen molar-refractivity contribution in [2.24, 2.45) is 0 Å². The van der Waals surface area contributed by atoms with Gasteiger partial charge in [0.05, 0.1) is 11.5 Å². The molecule has 7 nitrogen and oxygen atoms in total. The summed E-state index contributed by atoms with van der Waals surface area (Å²) >= 11 is 0. The molecule has 7 heteroatoms. The fourth-order valence-corrected chi connectivity index (χ4v) is 1.44. The third-order valence-electron chi connectivity index (χ3n) is 2.12. The number of rotatable bonds is 4. The zero-order valence-corrected chi connectivity index (χ0v) is 9.11. The van der Waals surface area contributed by atoms with Crippen molar-refractivity contribution in [2.45, 2.75) is 6.92 Å². The first-order chi connectivity index (χ1) is 8.24. The van der Waals surface area contributed by atoms with Crippen LogP contribution in [0.25, 0.3) is 5.69 Å². The molecule has 0 radical (unpaired) electrons. The number of benzene rings is 1. The lowest BCUT2D eigenvalue weighted by molar-refractivity contribution is -0.384. The number of hydrogen-bond donors (Lipinski definition) is 0. The molecule has 0 bridgehead atoms. The van der Waals surface area contributed by atoms with Crippen molar-refractivity contribution in [3.05, 3.63) is 40.6 Å². The van der Waals surface area contributed by atoms with Gasteiger partial charge in [-0.2, -0.15) is 4.68 Å². The van der Waals surface area contributed by atoms with Gasteiger partial charge in [-0.05, 0) is 13.0 Å². The van der Waals surface area contributed by atoms with Gasteiger partial charge in [0, 0.05) is 6.07 Å². The number of hydrogen-bond acceptors (Lipinski definition) is 5. The minimum Gasteiger partial charge on any atom is -0.477 e. The molecule has 1 aromatic carbocycles. The zero-order chi connectivity index (χ0) is 12.3. The van der Waals surface area contributed by atoms with Crippen LogP contribution in [0.1, 0.15) is 6.92 Å². The topological polar surface area (TPSA) is 83.1 Å². The van der Waals surface area contributed by atoms with E-state index >= 15 is 0 Å². The van der Waals surface area contributed by atoms with Crippen molar-refractivity contribution < 1.29 is 9.66 Å². The van der Waals surface area contributed by atoms with Gasteiger partial charge in [0.2, 0.25) is 5.88 Å². The van der Waals surface area contributed by atoms with Crippen molar-refractivity contribution in [3.63, 3.8) is 0 Å². The molecule has 2 aromatic rings. The quantitative estimate of drug-likeness (QED) is 0.592. The van der Waals surface area contributed by atoms with E-state index < -0.39 is 4.92 Å². The average molecular weight is 234 g/mol. The third-order valence-corrected chi connectivity index (χ3v) is 2.12. The monoisotopic (exact) mass is 234 g/mol. The van der Waals surface area contributed by atoms with Crippen molar-refractivity contribution in [2.75, 3.05) is 6.61 Å². The van der Waals surface area contributed by atoms with E-state index in [1.807, 2.05) is 6.92 Å². The highest BCUT2D eigenvalue weighted by Gasteiger charge is 2.18. The second kappa shape index (κ2) is 4.60. The normalized spacial score (nSPS) is 10.2. The molecule has 0 amide bonds. The smallest absolute Gasteiger partial charge is 0.295 e. The van der Waals surface area contributed by atoms with Gasteiger partial charge >= 0.3 is 0 Å². The highest BCUT2D eigenvalue weighted by molar-refractivity contribution is 5.52. The van der Waals surface area contributed by atoms with Crippen LogP contribution in [0.2, 0.25) is 0 Å². The Morgan fingerprint density at radius 2 is 2.24 bits per heavy atom. The Hall–Kier alpha value is -2.44. The molecule has 1 heterocycles. The lowest BCUT2D eigenvalue weighted by Gasteiger charge is -2.06. The first-order valence-electron chi connectivity index (χ1n) is 5.01. The Bertz CT molecular complexity index is 538. The molecule has 0 aliphatic rings. The Morgan fingerprint density at radius 1 is 1.47 bits per heavy atom. The van der Waals surface area contributed by atoms with E-state index in [1.165, 1.54) is 16.9 Å². The molecule has 2 rings (SSSR count). The van der Waals surface area contributed by atoms with Crippen molar-refractivity contribution in [1.82, 2.24) is 15.0 Å². The first-order valence-corrected chi connectivity index (χ1v) is 5.01. The molecular formula is C10H10N4O3. The molecule has 0 unspecified atom stereocenters. The molecule has 0 atom stereocenters. The molecule has 0 aliphatic carbocycles. The molecule has 0 aliphatic heterocycles. The fourth-order valence-electron chi connectivity index (χ4n) is 1.44. The maximum Gasteiger partial charge on any atom is 0.295 e. The molecule has 0 fully saturated rings. The van der Waals surface area contributed by atoms with Gasteiger partial charge < -0.3 is 4.74 Å². The van der Waals surface area contributed by atoms with Gasteiger partial charge in [-0.3, -0.25) is 10.1 Å². The van der Waals surface area contributed by atoms with E-state index in [4.69, 9.17) is 4.74 Å². The van der Waals surface area contributed by atoms with Crippen LogP contribution >= 0.6 is 0 Å².